The first-order valence-electron chi connectivity index (χ1n) is 9.11. The van der Waals surface area contributed by atoms with E-state index in [4.69, 9.17) is 0 Å². The van der Waals surface area contributed by atoms with E-state index in [2.05, 4.69) is 10.6 Å². The maximum atomic E-state index is 12.7. The lowest BCUT2D eigenvalue weighted by atomic mass is 10.1. The molecule has 2 amide bonds. The Bertz CT molecular complexity index is 927. The van der Waals surface area contributed by atoms with Crippen molar-refractivity contribution in [1.82, 2.24) is 5.32 Å². The third-order valence-corrected chi connectivity index (χ3v) is 4.34. The van der Waals surface area contributed by atoms with Gasteiger partial charge in [0.2, 0.25) is 5.91 Å². The van der Waals surface area contributed by atoms with Crippen LogP contribution in [0.15, 0.2) is 84.9 Å². The average Bonchev–Trinajstić information content (AvgIpc) is 2.76. The molecule has 3 aromatic carbocycles. The topological polar surface area (TPSA) is 61.4 Å². The van der Waals surface area contributed by atoms with Crippen LogP contribution in [0.2, 0.25) is 0 Å². The number of benzene rings is 3. The van der Waals surface area contributed by atoms with Crippen molar-refractivity contribution in [2.45, 2.75) is 6.54 Å². The summed E-state index contributed by atoms with van der Waals surface area (Å²) in [5, 5.41) is 5.94. The van der Waals surface area contributed by atoms with Crippen molar-refractivity contribution in [3.05, 3.63) is 96.1 Å². The minimum absolute atomic E-state index is 0.108. The second kappa shape index (κ2) is 9.37. The fourth-order valence-corrected chi connectivity index (χ4v) is 2.77. The Kier molecular flexibility index (Phi) is 6.41. The van der Waals surface area contributed by atoms with E-state index in [1.165, 1.54) is 0 Å². The number of carbonyl (C=O) groups is 2. The van der Waals surface area contributed by atoms with Crippen molar-refractivity contribution in [3.8, 4) is 0 Å². The summed E-state index contributed by atoms with van der Waals surface area (Å²) in [6.07, 6.45) is 0. The monoisotopic (exact) mass is 373 g/mol. The summed E-state index contributed by atoms with van der Waals surface area (Å²) in [4.78, 5) is 26.4. The largest absolute Gasteiger partial charge is 0.376 e. The molecule has 0 heterocycles. The van der Waals surface area contributed by atoms with Crippen LogP contribution < -0.4 is 15.5 Å². The molecule has 2 N–H and O–H groups in total. The Morgan fingerprint density at radius 3 is 2.25 bits per heavy atom. The summed E-state index contributed by atoms with van der Waals surface area (Å²) in [7, 11) is 1.74. The highest BCUT2D eigenvalue weighted by molar-refractivity contribution is 6.06. The third-order valence-electron chi connectivity index (χ3n) is 4.34. The number of nitrogens with zero attached hydrogens (tertiary/aromatic N) is 1. The second-order valence-electron chi connectivity index (χ2n) is 6.40. The van der Waals surface area contributed by atoms with E-state index < -0.39 is 0 Å². The number of hydrogen-bond acceptors (Lipinski definition) is 3. The summed E-state index contributed by atoms with van der Waals surface area (Å²) in [6.45, 7) is 0.626. The maximum absolute atomic E-state index is 12.7. The van der Waals surface area contributed by atoms with Crippen LogP contribution >= 0.6 is 0 Å². The van der Waals surface area contributed by atoms with Gasteiger partial charge in [-0.2, -0.15) is 0 Å². The van der Waals surface area contributed by atoms with Crippen LogP contribution in [0.4, 0.5) is 11.4 Å². The third kappa shape index (κ3) is 5.20. The minimum Gasteiger partial charge on any atom is -0.376 e. The van der Waals surface area contributed by atoms with E-state index in [-0.39, 0.29) is 18.4 Å². The highest BCUT2D eigenvalue weighted by atomic mass is 16.2. The second-order valence-corrected chi connectivity index (χ2v) is 6.40. The van der Waals surface area contributed by atoms with Gasteiger partial charge in [-0.05, 0) is 35.9 Å². The van der Waals surface area contributed by atoms with Gasteiger partial charge >= 0.3 is 0 Å². The van der Waals surface area contributed by atoms with Crippen LogP contribution in [0.25, 0.3) is 0 Å². The summed E-state index contributed by atoms with van der Waals surface area (Å²) < 4.78 is 0. The van der Waals surface area contributed by atoms with Gasteiger partial charge in [0.25, 0.3) is 5.91 Å². The molecular formula is C23H23N3O2. The van der Waals surface area contributed by atoms with Crippen LogP contribution in [-0.4, -0.2) is 25.4 Å². The standard InChI is InChI=1S/C23H23N3O2/c1-26(21-13-6-3-7-14-21)23(28)19-11-8-12-20(15-19)24-17-22(27)25-16-18-9-4-2-5-10-18/h2-15,24H,16-17H2,1H3,(H,25,27). The highest BCUT2D eigenvalue weighted by Crippen LogP contribution is 2.17. The molecule has 0 aromatic heterocycles. The van der Waals surface area contributed by atoms with Crippen LogP contribution in [-0.2, 0) is 11.3 Å². The Morgan fingerprint density at radius 1 is 0.857 bits per heavy atom. The summed E-state index contributed by atoms with van der Waals surface area (Å²) in [5.41, 5.74) is 3.15. The van der Waals surface area contributed by atoms with E-state index in [0.29, 0.717) is 12.1 Å². The summed E-state index contributed by atoms with van der Waals surface area (Å²) in [5.74, 6) is -0.217. The maximum Gasteiger partial charge on any atom is 0.258 e. The van der Waals surface area contributed by atoms with Crippen LogP contribution in [0, 0.1) is 0 Å². The summed E-state index contributed by atoms with van der Waals surface area (Å²) >= 11 is 0. The molecule has 0 aliphatic rings. The molecule has 28 heavy (non-hydrogen) atoms. The smallest absolute Gasteiger partial charge is 0.258 e. The van der Waals surface area contributed by atoms with Crippen LogP contribution in [0.3, 0.4) is 0 Å². The van der Waals surface area contributed by atoms with Crippen molar-refractivity contribution in [2.24, 2.45) is 0 Å². The molecule has 0 radical (unpaired) electrons. The van der Waals surface area contributed by atoms with Gasteiger partial charge in [0.15, 0.2) is 0 Å². The SMILES string of the molecule is CN(C(=O)c1cccc(NCC(=O)NCc2ccccc2)c1)c1ccccc1. The fraction of sp³-hybridized carbons (Fsp3) is 0.130. The molecule has 0 saturated carbocycles. The average molecular weight is 373 g/mol. The van der Waals surface area contributed by atoms with Gasteiger partial charge < -0.3 is 15.5 Å². The Labute approximate surface area is 165 Å². The van der Waals surface area contributed by atoms with Gasteiger partial charge in [-0.3, -0.25) is 9.59 Å². The van der Waals surface area contributed by atoms with Crippen molar-refractivity contribution in [3.63, 3.8) is 0 Å². The molecule has 5 heteroatoms. The van der Waals surface area contributed by atoms with Crippen molar-refractivity contribution < 1.29 is 9.59 Å². The molecule has 5 nitrogen and oxygen atoms in total. The Balaban J connectivity index is 1.55. The number of rotatable bonds is 7. The van der Waals surface area contributed by atoms with Crippen molar-refractivity contribution in [1.29, 1.82) is 0 Å². The number of anilines is 2. The van der Waals surface area contributed by atoms with E-state index in [1.807, 2.05) is 66.7 Å². The Morgan fingerprint density at radius 2 is 1.54 bits per heavy atom. The van der Waals surface area contributed by atoms with Gasteiger partial charge in [-0.25, -0.2) is 0 Å². The zero-order valence-corrected chi connectivity index (χ0v) is 15.8. The van der Waals surface area contributed by atoms with E-state index in [1.54, 1.807) is 30.1 Å². The fourth-order valence-electron chi connectivity index (χ4n) is 2.77. The number of amides is 2. The van der Waals surface area contributed by atoms with E-state index in [9.17, 15) is 9.59 Å². The zero-order valence-electron chi connectivity index (χ0n) is 15.8. The lowest BCUT2D eigenvalue weighted by Crippen LogP contribution is -2.29. The number of para-hydroxylation sites is 1. The van der Waals surface area contributed by atoms with Gasteiger partial charge in [0, 0.05) is 30.5 Å². The first kappa shape index (κ1) is 19.2. The molecule has 0 atom stereocenters. The lowest BCUT2D eigenvalue weighted by Gasteiger charge is -2.18. The molecule has 0 unspecified atom stereocenters. The first-order chi connectivity index (χ1) is 13.6. The summed E-state index contributed by atoms with van der Waals surface area (Å²) in [6, 6.07) is 26.4. The molecular weight excluding hydrogens is 350 g/mol. The predicted molar refractivity (Wildman–Crippen MR) is 112 cm³/mol. The molecule has 0 aliphatic heterocycles. The van der Waals surface area contributed by atoms with Crippen molar-refractivity contribution in [2.75, 3.05) is 23.8 Å². The van der Waals surface area contributed by atoms with Gasteiger partial charge in [-0.15, -0.1) is 0 Å². The molecule has 142 valence electrons. The quantitative estimate of drug-likeness (QED) is 0.664. The molecule has 0 spiro atoms. The molecule has 0 bridgehead atoms. The Hall–Kier alpha value is -3.60. The molecule has 0 aliphatic carbocycles. The first-order valence-corrected chi connectivity index (χ1v) is 9.11. The minimum atomic E-state index is -0.109. The molecule has 0 saturated heterocycles. The molecule has 3 aromatic rings. The lowest BCUT2D eigenvalue weighted by molar-refractivity contribution is -0.119. The van der Waals surface area contributed by atoms with Gasteiger partial charge in [0.1, 0.15) is 0 Å². The predicted octanol–water partition coefficient (Wildman–Crippen LogP) is 3.69. The number of nitrogens with one attached hydrogen (secondary N) is 2. The van der Waals surface area contributed by atoms with Crippen molar-refractivity contribution >= 4 is 23.2 Å². The van der Waals surface area contributed by atoms with Crippen LogP contribution in [0.1, 0.15) is 15.9 Å². The normalized spacial score (nSPS) is 10.2. The number of carbonyl (C=O) groups excluding carboxylic acids is 2. The highest BCUT2D eigenvalue weighted by Gasteiger charge is 2.13. The number of hydrogen-bond donors (Lipinski definition) is 2. The molecule has 3 rings (SSSR count). The van der Waals surface area contributed by atoms with E-state index >= 15 is 0 Å². The zero-order chi connectivity index (χ0) is 19.8. The van der Waals surface area contributed by atoms with Gasteiger partial charge in [-0.1, -0.05) is 54.6 Å². The van der Waals surface area contributed by atoms with E-state index in [0.717, 1.165) is 16.9 Å². The van der Waals surface area contributed by atoms with Crippen LogP contribution in [0.5, 0.6) is 0 Å². The molecule has 0 fully saturated rings. The van der Waals surface area contributed by atoms with Gasteiger partial charge in [0.05, 0.1) is 6.54 Å².